The van der Waals surface area contributed by atoms with Gasteiger partial charge in [-0.25, -0.2) is 4.98 Å². The number of hydrogen-bond acceptors (Lipinski definition) is 2. The molecule has 0 radical (unpaired) electrons. The highest BCUT2D eigenvalue weighted by Gasteiger charge is 2.27. The average molecular weight is 394 g/mol. The SMILES string of the molecule is C#C.CCCC(C)C(=O)N1CCC(c2nc3cc(Cl)c(Cl)cc3[nH]2)CC1. The van der Waals surface area contributed by atoms with Gasteiger partial charge in [0.05, 0.1) is 21.1 Å². The lowest BCUT2D eigenvalue weighted by Gasteiger charge is -2.32. The van der Waals surface area contributed by atoms with Crippen LogP contribution in [0.25, 0.3) is 11.0 Å². The Hall–Kier alpha value is -1.70. The molecule has 140 valence electrons. The number of carbonyl (C=O) groups is 1. The molecule has 1 amide bonds. The number of piperidine rings is 1. The number of halogens is 2. The Balaban J connectivity index is 0.00000117. The molecule has 0 bridgehead atoms. The number of likely N-dealkylation sites (tertiary alicyclic amines) is 1. The van der Waals surface area contributed by atoms with E-state index in [1.165, 1.54) is 0 Å². The standard InChI is InChI=1S/C18H23Cl2N3O.C2H2/c1-3-4-11(2)18(24)23-7-5-12(6-8-23)17-21-15-9-13(19)14(20)10-16(15)22-17;1-2/h9-12H,3-8H2,1-2H3,(H,21,22);1-2H. The zero-order chi connectivity index (χ0) is 19.3. The number of amides is 1. The monoisotopic (exact) mass is 393 g/mol. The summed E-state index contributed by atoms with van der Waals surface area (Å²) >= 11 is 12.1. The van der Waals surface area contributed by atoms with E-state index in [1.807, 2.05) is 17.9 Å². The third-order valence-electron chi connectivity index (χ3n) is 4.88. The van der Waals surface area contributed by atoms with Crippen LogP contribution >= 0.6 is 23.2 Å². The van der Waals surface area contributed by atoms with E-state index >= 15 is 0 Å². The normalized spacial score (nSPS) is 16.2. The van der Waals surface area contributed by atoms with Crippen LogP contribution in [0.4, 0.5) is 0 Å². The molecule has 2 heterocycles. The summed E-state index contributed by atoms with van der Waals surface area (Å²) in [6, 6.07) is 3.62. The smallest absolute Gasteiger partial charge is 0.225 e. The van der Waals surface area contributed by atoms with Crippen molar-refractivity contribution < 1.29 is 4.79 Å². The van der Waals surface area contributed by atoms with Crippen LogP contribution in [-0.4, -0.2) is 33.9 Å². The molecule has 1 aliphatic rings. The first kappa shape index (κ1) is 20.6. The van der Waals surface area contributed by atoms with E-state index in [1.54, 1.807) is 6.07 Å². The van der Waals surface area contributed by atoms with Crippen molar-refractivity contribution >= 4 is 40.1 Å². The molecule has 1 aromatic heterocycles. The lowest BCUT2D eigenvalue weighted by molar-refractivity contribution is -0.136. The minimum absolute atomic E-state index is 0.127. The molecule has 26 heavy (non-hydrogen) atoms. The van der Waals surface area contributed by atoms with E-state index < -0.39 is 0 Å². The van der Waals surface area contributed by atoms with E-state index in [-0.39, 0.29) is 5.92 Å². The number of H-pyrrole nitrogens is 1. The Bertz CT molecular complexity index is 737. The van der Waals surface area contributed by atoms with Crippen LogP contribution in [0.3, 0.4) is 0 Å². The molecule has 1 atom stereocenters. The molecule has 1 aliphatic heterocycles. The number of aromatic nitrogens is 2. The van der Waals surface area contributed by atoms with Gasteiger partial charge in [0.15, 0.2) is 0 Å². The quantitative estimate of drug-likeness (QED) is 0.719. The molecule has 6 heteroatoms. The van der Waals surface area contributed by atoms with Crippen molar-refractivity contribution in [1.29, 1.82) is 0 Å². The Morgan fingerprint density at radius 3 is 2.54 bits per heavy atom. The van der Waals surface area contributed by atoms with E-state index in [2.05, 4.69) is 29.7 Å². The molecule has 1 fully saturated rings. The number of nitrogens with zero attached hydrogens (tertiary/aromatic N) is 2. The molecular formula is C20H25Cl2N3O. The van der Waals surface area contributed by atoms with Crippen LogP contribution in [-0.2, 0) is 4.79 Å². The van der Waals surface area contributed by atoms with E-state index in [4.69, 9.17) is 23.2 Å². The first-order valence-corrected chi connectivity index (χ1v) is 9.72. The van der Waals surface area contributed by atoms with Crippen LogP contribution in [0.2, 0.25) is 10.0 Å². The van der Waals surface area contributed by atoms with Gasteiger partial charge in [-0.05, 0) is 31.4 Å². The van der Waals surface area contributed by atoms with Crippen LogP contribution in [0, 0.1) is 18.8 Å². The van der Waals surface area contributed by atoms with E-state index in [0.29, 0.717) is 21.9 Å². The van der Waals surface area contributed by atoms with Crippen LogP contribution in [0.1, 0.15) is 51.3 Å². The average Bonchev–Trinajstić information content (AvgIpc) is 3.06. The number of hydrogen-bond donors (Lipinski definition) is 1. The maximum Gasteiger partial charge on any atom is 0.225 e. The predicted octanol–water partition coefficient (Wildman–Crippen LogP) is 5.26. The Morgan fingerprint density at radius 1 is 1.31 bits per heavy atom. The predicted molar refractivity (Wildman–Crippen MR) is 109 cm³/mol. The second kappa shape index (κ2) is 9.30. The van der Waals surface area contributed by atoms with Crippen LogP contribution in [0.15, 0.2) is 12.1 Å². The van der Waals surface area contributed by atoms with Crippen molar-refractivity contribution in [2.45, 2.75) is 45.4 Å². The summed E-state index contributed by atoms with van der Waals surface area (Å²) in [5.74, 6) is 1.73. The van der Waals surface area contributed by atoms with E-state index in [9.17, 15) is 4.79 Å². The summed E-state index contributed by atoms with van der Waals surface area (Å²) < 4.78 is 0. The van der Waals surface area contributed by atoms with Gasteiger partial charge in [0.1, 0.15) is 5.82 Å². The maximum atomic E-state index is 12.4. The fourth-order valence-electron chi connectivity index (χ4n) is 3.46. The minimum Gasteiger partial charge on any atom is -0.342 e. The lowest BCUT2D eigenvalue weighted by Crippen LogP contribution is -2.40. The Labute approximate surface area is 165 Å². The van der Waals surface area contributed by atoms with Gasteiger partial charge >= 0.3 is 0 Å². The zero-order valence-electron chi connectivity index (χ0n) is 15.3. The largest absolute Gasteiger partial charge is 0.342 e. The van der Waals surface area contributed by atoms with Gasteiger partial charge in [-0.15, -0.1) is 12.8 Å². The van der Waals surface area contributed by atoms with Gasteiger partial charge in [0, 0.05) is 24.9 Å². The highest BCUT2D eigenvalue weighted by molar-refractivity contribution is 6.42. The molecule has 1 N–H and O–H groups in total. The fourth-order valence-corrected chi connectivity index (χ4v) is 3.78. The summed E-state index contributed by atoms with van der Waals surface area (Å²) in [6.45, 7) is 5.76. The summed E-state index contributed by atoms with van der Waals surface area (Å²) in [6.07, 6.45) is 11.9. The van der Waals surface area contributed by atoms with Gasteiger partial charge in [-0.2, -0.15) is 0 Å². The molecule has 1 saturated heterocycles. The van der Waals surface area contributed by atoms with Crippen molar-refractivity contribution in [3.63, 3.8) is 0 Å². The molecular weight excluding hydrogens is 369 g/mol. The molecule has 3 rings (SSSR count). The van der Waals surface area contributed by atoms with E-state index in [0.717, 1.165) is 55.6 Å². The van der Waals surface area contributed by atoms with Crippen molar-refractivity contribution in [2.75, 3.05) is 13.1 Å². The second-order valence-corrected chi connectivity index (χ2v) is 7.51. The zero-order valence-corrected chi connectivity index (χ0v) is 16.8. The number of rotatable bonds is 4. The van der Waals surface area contributed by atoms with Crippen molar-refractivity contribution in [1.82, 2.24) is 14.9 Å². The molecule has 1 aromatic carbocycles. The maximum absolute atomic E-state index is 12.4. The third-order valence-corrected chi connectivity index (χ3v) is 5.60. The molecule has 4 nitrogen and oxygen atoms in total. The number of terminal acetylenes is 1. The number of carbonyl (C=O) groups excluding carboxylic acids is 1. The van der Waals surface area contributed by atoms with Gasteiger partial charge in [-0.3, -0.25) is 4.79 Å². The lowest BCUT2D eigenvalue weighted by atomic mass is 9.94. The van der Waals surface area contributed by atoms with Gasteiger partial charge in [-0.1, -0.05) is 43.5 Å². The van der Waals surface area contributed by atoms with Crippen molar-refractivity contribution in [3.05, 3.63) is 28.0 Å². The Morgan fingerprint density at radius 2 is 1.92 bits per heavy atom. The van der Waals surface area contributed by atoms with Gasteiger partial charge in [0.25, 0.3) is 0 Å². The summed E-state index contributed by atoms with van der Waals surface area (Å²) in [5.41, 5.74) is 1.75. The van der Waals surface area contributed by atoms with Gasteiger partial charge in [0.2, 0.25) is 5.91 Å². The molecule has 0 saturated carbocycles. The third kappa shape index (κ3) is 4.52. The number of benzene rings is 1. The number of fused-ring (bicyclic) bond motifs is 1. The van der Waals surface area contributed by atoms with Crippen LogP contribution in [0.5, 0.6) is 0 Å². The van der Waals surface area contributed by atoms with Crippen molar-refractivity contribution in [3.8, 4) is 12.8 Å². The first-order chi connectivity index (χ1) is 12.5. The van der Waals surface area contributed by atoms with Crippen LogP contribution < -0.4 is 0 Å². The first-order valence-electron chi connectivity index (χ1n) is 8.96. The number of nitrogens with one attached hydrogen (secondary N) is 1. The minimum atomic E-state index is 0.127. The highest BCUT2D eigenvalue weighted by atomic mass is 35.5. The molecule has 0 spiro atoms. The fraction of sp³-hybridized carbons (Fsp3) is 0.500. The molecule has 2 aromatic rings. The molecule has 0 aliphatic carbocycles. The van der Waals surface area contributed by atoms with Gasteiger partial charge < -0.3 is 9.88 Å². The summed E-state index contributed by atoms with van der Waals surface area (Å²) in [7, 11) is 0. The number of imidazole rings is 1. The second-order valence-electron chi connectivity index (χ2n) is 6.69. The topological polar surface area (TPSA) is 49.0 Å². The summed E-state index contributed by atoms with van der Waals surface area (Å²) in [4.78, 5) is 22.5. The highest BCUT2D eigenvalue weighted by Crippen LogP contribution is 2.31. The Kier molecular flexibility index (Phi) is 7.37. The summed E-state index contributed by atoms with van der Waals surface area (Å²) in [5, 5.41) is 1.05. The van der Waals surface area contributed by atoms with Crippen molar-refractivity contribution in [2.24, 2.45) is 5.92 Å². The number of aromatic amines is 1. The molecule has 1 unspecified atom stereocenters.